The highest BCUT2D eigenvalue weighted by Crippen LogP contribution is 2.16. The molecule has 20 heavy (non-hydrogen) atoms. The van der Waals surface area contributed by atoms with E-state index in [2.05, 4.69) is 23.7 Å². The second-order valence-electron chi connectivity index (χ2n) is 4.62. The van der Waals surface area contributed by atoms with Crippen molar-refractivity contribution < 1.29 is 4.79 Å². The van der Waals surface area contributed by atoms with Gasteiger partial charge in [0.05, 0.1) is 10.6 Å². The number of hydrogen-bond donors (Lipinski definition) is 0. The summed E-state index contributed by atoms with van der Waals surface area (Å²) >= 11 is 6.05. The Morgan fingerprint density at radius 3 is 2.45 bits per heavy atom. The summed E-state index contributed by atoms with van der Waals surface area (Å²) in [6.45, 7) is 10.8. The van der Waals surface area contributed by atoms with Crippen LogP contribution in [0.25, 0.3) is 0 Å². The summed E-state index contributed by atoms with van der Waals surface area (Å²) in [5.41, 5.74) is 0.485. The molecule has 1 amide bonds. The van der Waals surface area contributed by atoms with E-state index < -0.39 is 0 Å². The SMILES string of the molecule is CCN(CC)CCCN(CC)C(=O)c1cnccc1Cl. The summed E-state index contributed by atoms with van der Waals surface area (Å²) in [5, 5.41) is 0.465. The van der Waals surface area contributed by atoms with Gasteiger partial charge in [0.15, 0.2) is 0 Å². The van der Waals surface area contributed by atoms with Crippen molar-refractivity contribution in [1.82, 2.24) is 14.8 Å². The first-order valence-electron chi connectivity index (χ1n) is 7.25. The summed E-state index contributed by atoms with van der Waals surface area (Å²) in [6.07, 6.45) is 4.10. The molecule has 0 aliphatic heterocycles. The first-order chi connectivity index (χ1) is 9.63. The van der Waals surface area contributed by atoms with Gasteiger partial charge in [-0.2, -0.15) is 0 Å². The largest absolute Gasteiger partial charge is 0.339 e. The average molecular weight is 298 g/mol. The van der Waals surface area contributed by atoms with Gasteiger partial charge >= 0.3 is 0 Å². The highest BCUT2D eigenvalue weighted by molar-refractivity contribution is 6.33. The van der Waals surface area contributed by atoms with Crippen molar-refractivity contribution in [3.8, 4) is 0 Å². The Balaban J connectivity index is 2.58. The van der Waals surface area contributed by atoms with Crippen molar-refractivity contribution >= 4 is 17.5 Å². The minimum Gasteiger partial charge on any atom is -0.339 e. The molecule has 112 valence electrons. The number of halogens is 1. The molecule has 0 atom stereocenters. The molecule has 0 unspecified atom stereocenters. The number of pyridine rings is 1. The third-order valence-corrected chi connectivity index (χ3v) is 3.79. The molecular weight excluding hydrogens is 274 g/mol. The van der Waals surface area contributed by atoms with Crippen LogP contribution in [0, 0.1) is 0 Å². The van der Waals surface area contributed by atoms with Crippen LogP contribution < -0.4 is 0 Å². The van der Waals surface area contributed by atoms with Crippen LogP contribution in [0.2, 0.25) is 5.02 Å². The summed E-state index contributed by atoms with van der Waals surface area (Å²) in [6, 6.07) is 1.65. The highest BCUT2D eigenvalue weighted by atomic mass is 35.5. The summed E-state index contributed by atoms with van der Waals surface area (Å²) < 4.78 is 0. The van der Waals surface area contributed by atoms with E-state index in [0.717, 1.165) is 32.6 Å². The monoisotopic (exact) mass is 297 g/mol. The lowest BCUT2D eigenvalue weighted by Gasteiger charge is -2.24. The van der Waals surface area contributed by atoms with Gasteiger partial charge in [-0.05, 0) is 39.0 Å². The molecule has 0 aromatic carbocycles. The summed E-state index contributed by atoms with van der Waals surface area (Å²) in [4.78, 5) is 20.6. The van der Waals surface area contributed by atoms with Crippen LogP contribution in [0.15, 0.2) is 18.5 Å². The predicted molar refractivity (Wildman–Crippen MR) is 83.2 cm³/mol. The maximum absolute atomic E-state index is 12.4. The minimum absolute atomic E-state index is 0.0369. The van der Waals surface area contributed by atoms with Crippen LogP contribution in [0.5, 0.6) is 0 Å². The molecule has 0 saturated heterocycles. The van der Waals surface area contributed by atoms with E-state index >= 15 is 0 Å². The highest BCUT2D eigenvalue weighted by Gasteiger charge is 2.17. The van der Waals surface area contributed by atoms with E-state index in [1.54, 1.807) is 12.3 Å². The van der Waals surface area contributed by atoms with E-state index in [1.807, 2.05) is 11.8 Å². The molecule has 0 radical (unpaired) electrons. The van der Waals surface area contributed by atoms with E-state index in [0.29, 0.717) is 17.1 Å². The fraction of sp³-hybridized carbons (Fsp3) is 0.600. The Kier molecular flexibility index (Phi) is 7.55. The van der Waals surface area contributed by atoms with Crippen molar-refractivity contribution in [1.29, 1.82) is 0 Å². The fourth-order valence-electron chi connectivity index (χ4n) is 2.13. The van der Waals surface area contributed by atoms with E-state index in [1.165, 1.54) is 6.20 Å². The van der Waals surface area contributed by atoms with Gasteiger partial charge in [-0.15, -0.1) is 0 Å². The average Bonchev–Trinajstić information content (AvgIpc) is 2.47. The Labute approximate surface area is 126 Å². The van der Waals surface area contributed by atoms with Crippen molar-refractivity contribution in [3.63, 3.8) is 0 Å². The first-order valence-corrected chi connectivity index (χ1v) is 7.62. The number of nitrogens with zero attached hydrogens (tertiary/aromatic N) is 3. The topological polar surface area (TPSA) is 36.4 Å². The zero-order chi connectivity index (χ0) is 15.0. The van der Waals surface area contributed by atoms with Crippen LogP contribution in [0.1, 0.15) is 37.6 Å². The maximum Gasteiger partial charge on any atom is 0.256 e. The molecule has 1 heterocycles. The van der Waals surface area contributed by atoms with Crippen LogP contribution in [-0.2, 0) is 0 Å². The van der Waals surface area contributed by atoms with Gasteiger partial charge < -0.3 is 9.80 Å². The number of carbonyl (C=O) groups excluding carboxylic acids is 1. The Hall–Kier alpha value is -1.13. The van der Waals surface area contributed by atoms with E-state index in [4.69, 9.17) is 11.6 Å². The molecule has 1 aromatic rings. The number of aromatic nitrogens is 1. The second-order valence-corrected chi connectivity index (χ2v) is 5.03. The zero-order valence-electron chi connectivity index (χ0n) is 12.6. The lowest BCUT2D eigenvalue weighted by Crippen LogP contribution is -2.34. The molecule has 0 aliphatic carbocycles. The van der Waals surface area contributed by atoms with Gasteiger partial charge in [0.1, 0.15) is 0 Å². The summed E-state index contributed by atoms with van der Waals surface area (Å²) in [5.74, 6) is -0.0369. The standard InChI is InChI=1S/C15H24ClN3O/c1-4-18(5-2)10-7-11-19(6-3)15(20)13-12-17-9-8-14(13)16/h8-9,12H,4-7,10-11H2,1-3H3. The Bertz CT molecular complexity index is 421. The quantitative estimate of drug-likeness (QED) is 0.740. The molecule has 0 aliphatic rings. The zero-order valence-corrected chi connectivity index (χ0v) is 13.4. The first kappa shape index (κ1) is 16.9. The molecule has 0 spiro atoms. The van der Waals surface area contributed by atoms with Crippen molar-refractivity contribution in [2.24, 2.45) is 0 Å². The van der Waals surface area contributed by atoms with Gasteiger partial charge in [0.2, 0.25) is 0 Å². The van der Waals surface area contributed by atoms with Crippen molar-refractivity contribution in [2.45, 2.75) is 27.2 Å². The molecule has 0 N–H and O–H groups in total. The van der Waals surface area contributed by atoms with Gasteiger partial charge in [0.25, 0.3) is 5.91 Å². The number of rotatable bonds is 8. The molecule has 0 bridgehead atoms. The fourth-order valence-corrected chi connectivity index (χ4v) is 2.32. The van der Waals surface area contributed by atoms with Crippen LogP contribution >= 0.6 is 11.6 Å². The molecular formula is C15H24ClN3O. The van der Waals surface area contributed by atoms with Crippen LogP contribution in [0.4, 0.5) is 0 Å². The Morgan fingerprint density at radius 2 is 1.90 bits per heavy atom. The van der Waals surface area contributed by atoms with Gasteiger partial charge in [-0.25, -0.2) is 0 Å². The van der Waals surface area contributed by atoms with Gasteiger partial charge in [-0.1, -0.05) is 25.4 Å². The Morgan fingerprint density at radius 1 is 1.20 bits per heavy atom. The lowest BCUT2D eigenvalue weighted by molar-refractivity contribution is 0.0757. The van der Waals surface area contributed by atoms with E-state index in [9.17, 15) is 4.79 Å². The number of carbonyl (C=O) groups is 1. The van der Waals surface area contributed by atoms with Gasteiger partial charge in [0, 0.05) is 25.5 Å². The van der Waals surface area contributed by atoms with Crippen LogP contribution in [0.3, 0.4) is 0 Å². The smallest absolute Gasteiger partial charge is 0.256 e. The third-order valence-electron chi connectivity index (χ3n) is 3.46. The van der Waals surface area contributed by atoms with Crippen LogP contribution in [-0.4, -0.2) is 53.4 Å². The lowest BCUT2D eigenvalue weighted by atomic mass is 10.2. The molecule has 5 heteroatoms. The molecule has 1 rings (SSSR count). The number of hydrogen-bond acceptors (Lipinski definition) is 3. The van der Waals surface area contributed by atoms with Crippen molar-refractivity contribution in [2.75, 3.05) is 32.7 Å². The molecule has 4 nitrogen and oxygen atoms in total. The molecule has 0 saturated carbocycles. The molecule has 1 aromatic heterocycles. The molecule has 0 fully saturated rings. The number of amides is 1. The van der Waals surface area contributed by atoms with E-state index in [-0.39, 0.29) is 5.91 Å². The second kappa shape index (κ2) is 8.93. The van der Waals surface area contributed by atoms with Crippen molar-refractivity contribution in [3.05, 3.63) is 29.0 Å². The summed E-state index contributed by atoms with van der Waals surface area (Å²) in [7, 11) is 0. The predicted octanol–water partition coefficient (Wildman–Crippen LogP) is 2.93. The normalized spacial score (nSPS) is 10.8. The third kappa shape index (κ3) is 4.76. The van der Waals surface area contributed by atoms with Gasteiger partial charge in [-0.3, -0.25) is 9.78 Å². The maximum atomic E-state index is 12.4. The minimum atomic E-state index is -0.0369.